The molecule has 0 radical (unpaired) electrons. The molecule has 2 heterocycles. The second-order valence-electron chi connectivity index (χ2n) is 22.5. The normalized spacial score (nSPS) is 21.1. The van der Waals surface area contributed by atoms with Gasteiger partial charge in [-0.1, -0.05) is 26.8 Å². The van der Waals surface area contributed by atoms with E-state index in [4.69, 9.17) is 14.6 Å². The molecule has 5 N–H and O–H groups in total. The van der Waals surface area contributed by atoms with Crippen LogP contribution in [0.1, 0.15) is 105 Å². The van der Waals surface area contributed by atoms with Gasteiger partial charge in [0.05, 0.1) is 57.3 Å². The van der Waals surface area contributed by atoms with E-state index >= 15 is 0 Å². The predicted molar refractivity (Wildman–Crippen MR) is 297 cm³/mol. The fraction of sp³-hybridized carbons (Fsp3) is 0.632. The molecule has 0 spiro atoms. The molecular formula is C57H86N10O11. The SMILES string of the molecule is COc1cccc(OC)c1-c1cc(C(=O)NC2(C)CCC3CC(C)CC2C3)nn1-c1ccc(C(=O)N(CCCNC(=O)CN2CCN(CC(=O)O)CCN(CC(=O)O)CCN(CC(=O)O)CC2)CCCN(C)C)cc1C(C)C. The van der Waals surface area contributed by atoms with Crippen molar-refractivity contribution in [1.29, 1.82) is 0 Å². The van der Waals surface area contributed by atoms with Gasteiger partial charge in [-0.05, 0) is 138 Å². The Morgan fingerprint density at radius 1 is 0.744 bits per heavy atom. The van der Waals surface area contributed by atoms with Gasteiger partial charge in [-0.15, -0.1) is 0 Å². The Morgan fingerprint density at radius 3 is 1.82 bits per heavy atom. The lowest BCUT2D eigenvalue weighted by molar-refractivity contribution is -0.140. The lowest BCUT2D eigenvalue weighted by atomic mass is 9.61. The first kappa shape index (κ1) is 61.1. The lowest BCUT2D eigenvalue weighted by Gasteiger charge is -2.49. The van der Waals surface area contributed by atoms with Crippen molar-refractivity contribution in [2.24, 2.45) is 17.8 Å². The largest absolute Gasteiger partial charge is 0.496 e. The quantitative estimate of drug-likeness (QED) is 0.0782. The number of hydrogen-bond donors (Lipinski definition) is 5. The summed E-state index contributed by atoms with van der Waals surface area (Å²) in [7, 11) is 7.16. The van der Waals surface area contributed by atoms with E-state index in [0.717, 1.165) is 37.8 Å². The van der Waals surface area contributed by atoms with E-state index in [9.17, 15) is 44.1 Å². The van der Waals surface area contributed by atoms with Crippen LogP contribution in [0, 0.1) is 17.8 Å². The number of fused-ring (bicyclic) bond motifs is 2. The van der Waals surface area contributed by atoms with E-state index in [2.05, 4.69) is 43.2 Å². The summed E-state index contributed by atoms with van der Waals surface area (Å²) in [5.41, 5.74) is 3.14. The van der Waals surface area contributed by atoms with E-state index in [1.54, 1.807) is 45.7 Å². The number of nitrogens with zero attached hydrogens (tertiary/aromatic N) is 8. The molecule has 1 saturated heterocycles. The molecule has 2 aliphatic carbocycles. The van der Waals surface area contributed by atoms with Crippen LogP contribution in [0.2, 0.25) is 0 Å². The Labute approximate surface area is 460 Å². The maximum absolute atomic E-state index is 14.7. The van der Waals surface area contributed by atoms with Crippen molar-refractivity contribution in [3.8, 4) is 28.4 Å². The summed E-state index contributed by atoms with van der Waals surface area (Å²) in [5, 5.41) is 40.3. The van der Waals surface area contributed by atoms with Crippen LogP contribution in [-0.2, 0) is 19.2 Å². The van der Waals surface area contributed by atoms with Gasteiger partial charge in [0.15, 0.2) is 5.69 Å². The molecule has 21 heteroatoms. The molecule has 4 atom stereocenters. The molecule has 1 aliphatic heterocycles. The Bertz CT molecular complexity index is 2480. The van der Waals surface area contributed by atoms with E-state index < -0.39 is 17.9 Å². The minimum atomic E-state index is -1.03. The molecule has 2 aromatic carbocycles. The number of hydrogen-bond acceptors (Lipinski definition) is 14. The van der Waals surface area contributed by atoms with Crippen LogP contribution < -0.4 is 20.1 Å². The molecule has 1 aromatic heterocycles. The van der Waals surface area contributed by atoms with Crippen LogP contribution in [0.4, 0.5) is 0 Å². The van der Waals surface area contributed by atoms with Gasteiger partial charge in [0, 0.05) is 83.1 Å². The van der Waals surface area contributed by atoms with Gasteiger partial charge >= 0.3 is 17.9 Å². The standard InChI is InChI=1S/C57H86N10O11/c1-39(2)44-33-42(14-15-46(44)67-47(54-48(77-7)12-9-13-49(54)78-8)34-45(60-67)55(75)59-57(4)17-16-41-30-40(3)31-43(57)32-41)56(76)66(21-11-19-61(5)6)20-10-18-58-50(68)35-62-22-24-63(36-51(69)70)26-28-65(38-53(73)74)29-27-64(25-23-62)37-52(71)72/h9,12-15,33-34,39-41,43H,10-11,16-32,35-38H2,1-8H3,(H,58,68)(H,59,75)(H,69,70)(H,71,72)(H,73,74). The summed E-state index contributed by atoms with van der Waals surface area (Å²) in [6, 6.07) is 12.9. The van der Waals surface area contributed by atoms with Crippen LogP contribution in [0.3, 0.4) is 0 Å². The number of methoxy groups -OCH3 is 2. The van der Waals surface area contributed by atoms with Crippen LogP contribution in [-0.4, -0.2) is 229 Å². The molecule has 6 rings (SSSR count). The van der Waals surface area contributed by atoms with E-state index in [1.807, 2.05) is 54.2 Å². The summed E-state index contributed by atoms with van der Waals surface area (Å²) >= 11 is 0. The number of rotatable bonds is 24. The first-order chi connectivity index (χ1) is 37.2. The molecule has 21 nitrogen and oxygen atoms in total. The second kappa shape index (κ2) is 28.7. The van der Waals surface area contributed by atoms with Crippen molar-refractivity contribution in [3.05, 3.63) is 59.3 Å². The molecule has 78 heavy (non-hydrogen) atoms. The summed E-state index contributed by atoms with van der Waals surface area (Å²) in [4.78, 5) is 88.8. The number of carboxylic acid groups (broad SMARTS) is 3. The van der Waals surface area contributed by atoms with Crippen molar-refractivity contribution in [1.82, 2.24) is 49.8 Å². The number of carbonyl (C=O) groups is 6. The van der Waals surface area contributed by atoms with Crippen LogP contribution >= 0.6 is 0 Å². The zero-order valence-electron chi connectivity index (χ0n) is 47.3. The molecule has 430 valence electrons. The molecule has 2 saturated carbocycles. The van der Waals surface area contributed by atoms with Crippen molar-refractivity contribution >= 4 is 35.6 Å². The lowest BCUT2D eigenvalue weighted by Crippen LogP contribution is -2.56. The fourth-order valence-electron chi connectivity index (χ4n) is 11.6. The van der Waals surface area contributed by atoms with Gasteiger partial charge in [0.2, 0.25) is 5.91 Å². The minimum absolute atomic E-state index is 0.0176. The van der Waals surface area contributed by atoms with Gasteiger partial charge in [-0.25, -0.2) is 4.68 Å². The Balaban J connectivity index is 1.20. The van der Waals surface area contributed by atoms with E-state index in [0.29, 0.717) is 104 Å². The number of carbonyl (C=O) groups excluding carboxylic acids is 3. The van der Waals surface area contributed by atoms with Gasteiger partial charge in [0.25, 0.3) is 11.8 Å². The van der Waals surface area contributed by atoms with Gasteiger partial charge < -0.3 is 45.2 Å². The molecule has 3 amide bonds. The Kier molecular flexibility index (Phi) is 22.4. The third-order valence-corrected chi connectivity index (χ3v) is 15.8. The van der Waals surface area contributed by atoms with E-state index in [-0.39, 0.29) is 93.8 Å². The highest BCUT2D eigenvalue weighted by atomic mass is 16.5. The van der Waals surface area contributed by atoms with Crippen molar-refractivity contribution in [3.63, 3.8) is 0 Å². The molecule has 3 aromatic rings. The number of aromatic nitrogens is 2. The summed E-state index contributed by atoms with van der Waals surface area (Å²) in [5.74, 6) is -1.06. The first-order valence-electron chi connectivity index (χ1n) is 27.7. The Hall–Kier alpha value is -6.13. The maximum atomic E-state index is 14.7. The van der Waals surface area contributed by atoms with Gasteiger partial charge in [0.1, 0.15) is 11.5 Å². The molecule has 3 fully saturated rings. The molecule has 2 bridgehead atoms. The van der Waals surface area contributed by atoms with Crippen LogP contribution in [0.25, 0.3) is 16.9 Å². The highest BCUT2D eigenvalue weighted by Crippen LogP contribution is 2.48. The first-order valence-corrected chi connectivity index (χ1v) is 27.7. The number of benzene rings is 2. The van der Waals surface area contributed by atoms with Crippen LogP contribution in [0.15, 0.2) is 42.5 Å². The highest BCUT2D eigenvalue weighted by Gasteiger charge is 2.45. The van der Waals surface area contributed by atoms with Crippen LogP contribution in [0.5, 0.6) is 11.5 Å². The smallest absolute Gasteiger partial charge is 0.317 e. The number of nitrogens with one attached hydrogen (secondary N) is 2. The van der Waals surface area contributed by atoms with Crippen molar-refractivity contribution in [2.45, 2.75) is 84.1 Å². The minimum Gasteiger partial charge on any atom is -0.496 e. The van der Waals surface area contributed by atoms with Gasteiger partial charge in [-0.3, -0.25) is 48.4 Å². The average Bonchev–Trinajstić information content (AvgIpc) is 3.94. The number of carboxylic acids is 3. The number of amides is 3. The molecule has 3 aliphatic rings. The average molecular weight is 1090 g/mol. The third-order valence-electron chi connectivity index (χ3n) is 15.8. The van der Waals surface area contributed by atoms with E-state index in [1.165, 1.54) is 6.42 Å². The monoisotopic (exact) mass is 1090 g/mol. The summed E-state index contributed by atoms with van der Waals surface area (Å²) < 4.78 is 13.6. The summed E-state index contributed by atoms with van der Waals surface area (Å²) in [6.45, 7) is 12.0. The fourth-order valence-corrected chi connectivity index (χ4v) is 11.6. The topological polar surface area (TPSA) is 243 Å². The highest BCUT2D eigenvalue weighted by molar-refractivity contribution is 5.96. The Morgan fingerprint density at radius 2 is 1.29 bits per heavy atom. The van der Waals surface area contributed by atoms with Crippen molar-refractivity contribution < 1.29 is 53.6 Å². The number of aliphatic carboxylic acids is 3. The molecular weight excluding hydrogens is 1000 g/mol. The van der Waals surface area contributed by atoms with Crippen molar-refractivity contribution in [2.75, 3.05) is 133 Å². The molecule has 4 unspecified atom stereocenters. The zero-order valence-corrected chi connectivity index (χ0v) is 47.3. The predicted octanol–water partition coefficient (Wildman–Crippen LogP) is 4.39. The maximum Gasteiger partial charge on any atom is 0.317 e. The zero-order chi connectivity index (χ0) is 56.7. The van der Waals surface area contributed by atoms with Gasteiger partial charge in [-0.2, -0.15) is 5.10 Å². The number of ether oxygens (including phenoxy) is 2. The second-order valence-corrected chi connectivity index (χ2v) is 22.5. The third kappa shape index (κ3) is 17.2. The summed E-state index contributed by atoms with van der Waals surface area (Å²) in [6.07, 6.45) is 6.62.